The van der Waals surface area contributed by atoms with Crippen molar-refractivity contribution in [2.75, 3.05) is 7.11 Å². The number of hydrogen-bond acceptors (Lipinski definition) is 2. The predicted molar refractivity (Wildman–Crippen MR) is 93.7 cm³/mol. The number of methoxy groups -OCH3 is 1. The number of ketones is 1. The van der Waals surface area contributed by atoms with Crippen LogP contribution in [0.3, 0.4) is 0 Å². The molecule has 0 fully saturated rings. The van der Waals surface area contributed by atoms with Gasteiger partial charge in [0.1, 0.15) is 5.75 Å². The SMILES string of the molecule is COc1ccc(C(=O)CCC[C@H]2CCc3cc(Cl)ccc32)cc1. The molecule has 0 bridgehead atoms. The van der Waals surface area contributed by atoms with Crippen LogP contribution in [0.4, 0.5) is 0 Å². The molecular formula is C20H21ClO2. The summed E-state index contributed by atoms with van der Waals surface area (Å²) in [7, 11) is 1.63. The molecule has 3 rings (SSSR count). The van der Waals surface area contributed by atoms with Gasteiger partial charge in [-0.15, -0.1) is 0 Å². The molecule has 0 aromatic heterocycles. The molecule has 0 N–H and O–H groups in total. The molecule has 0 amide bonds. The van der Waals surface area contributed by atoms with Crippen LogP contribution in [0.15, 0.2) is 42.5 Å². The summed E-state index contributed by atoms with van der Waals surface area (Å²) in [5.74, 6) is 1.57. The number of carbonyl (C=O) groups is 1. The van der Waals surface area contributed by atoms with Crippen molar-refractivity contribution in [1.29, 1.82) is 0 Å². The molecule has 2 aromatic carbocycles. The number of benzene rings is 2. The van der Waals surface area contributed by atoms with E-state index in [1.54, 1.807) is 7.11 Å². The van der Waals surface area contributed by atoms with E-state index in [1.165, 1.54) is 17.5 Å². The Balaban J connectivity index is 1.53. The van der Waals surface area contributed by atoms with Crippen LogP contribution >= 0.6 is 11.6 Å². The lowest BCUT2D eigenvalue weighted by molar-refractivity contribution is 0.0978. The highest BCUT2D eigenvalue weighted by Gasteiger charge is 2.22. The van der Waals surface area contributed by atoms with Crippen molar-refractivity contribution in [3.05, 3.63) is 64.2 Å². The van der Waals surface area contributed by atoms with Crippen LogP contribution in [0.5, 0.6) is 5.75 Å². The fraction of sp³-hybridized carbons (Fsp3) is 0.350. The highest BCUT2D eigenvalue weighted by Crippen LogP contribution is 2.37. The van der Waals surface area contributed by atoms with Gasteiger partial charge in [0, 0.05) is 17.0 Å². The molecule has 1 atom stereocenters. The monoisotopic (exact) mass is 328 g/mol. The molecule has 120 valence electrons. The zero-order valence-corrected chi connectivity index (χ0v) is 14.1. The minimum absolute atomic E-state index is 0.210. The van der Waals surface area contributed by atoms with Gasteiger partial charge in [-0.3, -0.25) is 4.79 Å². The van der Waals surface area contributed by atoms with Gasteiger partial charge in [0.25, 0.3) is 0 Å². The molecular weight excluding hydrogens is 308 g/mol. The molecule has 0 heterocycles. The van der Waals surface area contributed by atoms with E-state index in [0.29, 0.717) is 12.3 Å². The van der Waals surface area contributed by atoms with Gasteiger partial charge in [-0.2, -0.15) is 0 Å². The summed E-state index contributed by atoms with van der Waals surface area (Å²) < 4.78 is 5.12. The number of fused-ring (bicyclic) bond motifs is 1. The third kappa shape index (κ3) is 3.76. The van der Waals surface area contributed by atoms with E-state index < -0.39 is 0 Å². The second-order valence-corrected chi connectivity index (χ2v) is 6.56. The number of aryl methyl sites for hydroxylation is 1. The first-order valence-corrected chi connectivity index (χ1v) is 8.51. The van der Waals surface area contributed by atoms with Crippen molar-refractivity contribution in [1.82, 2.24) is 0 Å². The Bertz CT molecular complexity index is 691. The molecule has 2 nitrogen and oxygen atoms in total. The molecule has 0 unspecified atom stereocenters. The number of carbonyl (C=O) groups excluding carboxylic acids is 1. The summed E-state index contributed by atoms with van der Waals surface area (Å²) in [6.45, 7) is 0. The number of rotatable bonds is 6. The third-order valence-electron chi connectivity index (χ3n) is 4.68. The molecule has 0 saturated carbocycles. The Kier molecular flexibility index (Phi) is 5.02. The van der Waals surface area contributed by atoms with Crippen molar-refractivity contribution >= 4 is 17.4 Å². The molecule has 0 spiro atoms. The smallest absolute Gasteiger partial charge is 0.162 e. The number of hydrogen-bond donors (Lipinski definition) is 0. The van der Waals surface area contributed by atoms with Gasteiger partial charge in [-0.25, -0.2) is 0 Å². The van der Waals surface area contributed by atoms with E-state index in [1.807, 2.05) is 30.3 Å². The Morgan fingerprint density at radius 1 is 1.22 bits per heavy atom. The van der Waals surface area contributed by atoms with E-state index in [4.69, 9.17) is 16.3 Å². The lowest BCUT2D eigenvalue weighted by atomic mass is 9.94. The molecule has 3 heteroatoms. The van der Waals surface area contributed by atoms with Gasteiger partial charge >= 0.3 is 0 Å². The van der Waals surface area contributed by atoms with Gasteiger partial charge in [-0.05, 0) is 79.1 Å². The molecule has 0 radical (unpaired) electrons. The van der Waals surface area contributed by atoms with Gasteiger partial charge in [0.15, 0.2) is 5.78 Å². The highest BCUT2D eigenvalue weighted by atomic mass is 35.5. The minimum atomic E-state index is 0.210. The van der Waals surface area contributed by atoms with Crippen LogP contribution in [-0.4, -0.2) is 12.9 Å². The van der Waals surface area contributed by atoms with Crippen molar-refractivity contribution in [3.63, 3.8) is 0 Å². The van der Waals surface area contributed by atoms with E-state index in [0.717, 1.165) is 35.6 Å². The summed E-state index contributed by atoms with van der Waals surface area (Å²) in [6, 6.07) is 13.6. The molecule has 0 aliphatic heterocycles. The number of halogens is 1. The summed E-state index contributed by atoms with van der Waals surface area (Å²) in [5, 5.41) is 0.819. The van der Waals surface area contributed by atoms with Crippen LogP contribution in [0.2, 0.25) is 5.02 Å². The number of Topliss-reactive ketones (excluding diaryl/α,β-unsaturated/α-hetero) is 1. The summed E-state index contributed by atoms with van der Waals surface area (Å²) >= 11 is 6.05. The zero-order valence-electron chi connectivity index (χ0n) is 13.3. The largest absolute Gasteiger partial charge is 0.497 e. The fourth-order valence-corrected chi connectivity index (χ4v) is 3.60. The maximum absolute atomic E-state index is 12.3. The van der Waals surface area contributed by atoms with E-state index in [-0.39, 0.29) is 5.78 Å². The maximum atomic E-state index is 12.3. The van der Waals surface area contributed by atoms with Crippen molar-refractivity contribution in [3.8, 4) is 5.75 Å². The van der Waals surface area contributed by atoms with Crippen molar-refractivity contribution < 1.29 is 9.53 Å². The minimum Gasteiger partial charge on any atom is -0.497 e. The van der Waals surface area contributed by atoms with Gasteiger partial charge < -0.3 is 4.74 Å². The second kappa shape index (κ2) is 7.18. The van der Waals surface area contributed by atoms with Gasteiger partial charge in [0.2, 0.25) is 0 Å². The Hall–Kier alpha value is -1.80. The van der Waals surface area contributed by atoms with Gasteiger partial charge in [-0.1, -0.05) is 17.7 Å². The number of ether oxygens (including phenoxy) is 1. The first-order chi connectivity index (χ1) is 11.2. The highest BCUT2D eigenvalue weighted by molar-refractivity contribution is 6.30. The Morgan fingerprint density at radius 2 is 2.00 bits per heavy atom. The van der Waals surface area contributed by atoms with Crippen LogP contribution < -0.4 is 4.74 Å². The van der Waals surface area contributed by atoms with Gasteiger partial charge in [0.05, 0.1) is 7.11 Å². The summed E-state index contributed by atoms with van der Waals surface area (Å²) in [4.78, 5) is 12.3. The van der Waals surface area contributed by atoms with E-state index in [9.17, 15) is 4.79 Å². The first-order valence-electron chi connectivity index (χ1n) is 8.13. The standard InChI is InChI=1S/C20H21ClO2/c1-23-18-10-7-15(8-11-18)20(22)4-2-3-14-5-6-16-13-17(21)9-12-19(14)16/h7-14H,2-6H2,1H3/t14-/m0/s1. The van der Waals surface area contributed by atoms with E-state index >= 15 is 0 Å². The quantitative estimate of drug-likeness (QED) is 0.661. The first kappa shape index (κ1) is 16.1. The Labute approximate surface area is 142 Å². The fourth-order valence-electron chi connectivity index (χ4n) is 3.40. The van der Waals surface area contributed by atoms with Crippen LogP contribution in [0.25, 0.3) is 0 Å². The zero-order chi connectivity index (χ0) is 16.2. The molecule has 1 aliphatic carbocycles. The van der Waals surface area contributed by atoms with E-state index in [2.05, 4.69) is 12.1 Å². The lowest BCUT2D eigenvalue weighted by Gasteiger charge is -2.11. The van der Waals surface area contributed by atoms with Crippen LogP contribution in [-0.2, 0) is 6.42 Å². The van der Waals surface area contributed by atoms with Crippen LogP contribution in [0, 0.1) is 0 Å². The lowest BCUT2D eigenvalue weighted by Crippen LogP contribution is -2.01. The third-order valence-corrected chi connectivity index (χ3v) is 4.91. The summed E-state index contributed by atoms with van der Waals surface area (Å²) in [5.41, 5.74) is 3.57. The maximum Gasteiger partial charge on any atom is 0.162 e. The predicted octanol–water partition coefficient (Wildman–Crippen LogP) is 5.43. The summed E-state index contributed by atoms with van der Waals surface area (Å²) in [6.07, 6.45) is 4.87. The topological polar surface area (TPSA) is 26.3 Å². The van der Waals surface area contributed by atoms with Crippen molar-refractivity contribution in [2.24, 2.45) is 0 Å². The van der Waals surface area contributed by atoms with Crippen LogP contribution in [0.1, 0.15) is 53.1 Å². The normalized spacial score (nSPS) is 16.2. The average Bonchev–Trinajstić information content (AvgIpc) is 2.97. The Morgan fingerprint density at radius 3 is 2.74 bits per heavy atom. The average molecular weight is 329 g/mol. The van der Waals surface area contributed by atoms with Crippen molar-refractivity contribution in [2.45, 2.75) is 38.0 Å². The molecule has 1 aliphatic rings. The second-order valence-electron chi connectivity index (χ2n) is 6.12. The molecule has 23 heavy (non-hydrogen) atoms. The molecule has 0 saturated heterocycles. The molecule has 2 aromatic rings.